The van der Waals surface area contributed by atoms with Gasteiger partial charge in [-0.25, -0.2) is 4.79 Å². The molecule has 4 aromatic rings. The number of esters is 1. The number of rotatable bonds is 11. The first-order valence-corrected chi connectivity index (χ1v) is 15.1. The van der Waals surface area contributed by atoms with Crippen LogP contribution < -0.4 is 4.74 Å². The van der Waals surface area contributed by atoms with Gasteiger partial charge in [0, 0.05) is 42.4 Å². The zero-order chi connectivity index (χ0) is 33.1. The average Bonchev–Trinajstić information content (AvgIpc) is 3.40. The molecule has 46 heavy (non-hydrogen) atoms. The summed E-state index contributed by atoms with van der Waals surface area (Å²) in [5.74, 6) is 0.261. The Morgan fingerprint density at radius 1 is 1.07 bits per heavy atom. The smallest absolute Gasteiger partial charge is 0.422 e. The number of ether oxygens (including phenoxy) is 2. The van der Waals surface area contributed by atoms with Crippen LogP contribution in [0, 0.1) is 16.0 Å². The molecule has 12 heteroatoms. The lowest BCUT2D eigenvalue weighted by Gasteiger charge is -2.39. The second kappa shape index (κ2) is 13.5. The van der Waals surface area contributed by atoms with Crippen LogP contribution in [-0.4, -0.2) is 65.0 Å². The van der Waals surface area contributed by atoms with Gasteiger partial charge in [0.05, 0.1) is 29.7 Å². The lowest BCUT2D eigenvalue weighted by molar-refractivity contribution is -0.384. The van der Waals surface area contributed by atoms with E-state index >= 15 is 0 Å². The largest absolute Gasteiger partial charge is 0.496 e. The number of nitro groups is 1. The Labute approximate surface area is 264 Å². The highest BCUT2D eigenvalue weighted by atomic mass is 19.4. The van der Waals surface area contributed by atoms with Crippen LogP contribution in [0.4, 0.5) is 18.9 Å². The predicted molar refractivity (Wildman–Crippen MR) is 166 cm³/mol. The third-order valence-electron chi connectivity index (χ3n) is 8.65. The monoisotopic (exact) mass is 639 g/mol. The van der Waals surface area contributed by atoms with Gasteiger partial charge in [0.2, 0.25) is 5.60 Å². The second-order valence-corrected chi connectivity index (χ2v) is 11.6. The molecule has 1 N–H and O–H groups in total. The fourth-order valence-electron chi connectivity index (χ4n) is 6.20. The van der Waals surface area contributed by atoms with E-state index in [1.807, 2.05) is 24.3 Å². The summed E-state index contributed by atoms with van der Waals surface area (Å²) < 4.78 is 56.7. The number of piperidine rings is 1. The lowest BCUT2D eigenvalue weighted by atomic mass is 9.87. The molecule has 0 spiro atoms. The number of β-amino-alcohol motifs (C(OH)–C–C–N with tert-alkyl or cyclic N) is 1. The molecule has 1 aliphatic heterocycles. The van der Waals surface area contributed by atoms with Crippen LogP contribution in [0.25, 0.3) is 10.9 Å². The molecule has 0 aliphatic carbocycles. The van der Waals surface area contributed by atoms with Crippen LogP contribution in [0.2, 0.25) is 0 Å². The van der Waals surface area contributed by atoms with Gasteiger partial charge in [-0.05, 0) is 74.5 Å². The molecule has 1 aliphatic rings. The Hall–Kier alpha value is -4.42. The zero-order valence-corrected chi connectivity index (χ0v) is 25.6. The number of hydrogen-bond donors (Lipinski definition) is 1. The maximum atomic E-state index is 14.9. The van der Waals surface area contributed by atoms with Gasteiger partial charge in [0.15, 0.2) is 0 Å². The van der Waals surface area contributed by atoms with Gasteiger partial charge in [-0.1, -0.05) is 36.4 Å². The standard InChI is InChI=1S/C34H36F3N3O6/c1-3-46-32(41)26-10-9-25(31(18-26)45-2)17-23-13-15-38(16-14-23)22-33(42,34(35,36)37)29-21-39(20-24-7-5-4-6-8-24)30-19-27(40(43)44)11-12-28(29)30/h4-12,18-19,21,23,42H,3,13-17,20,22H2,1-2H3. The SMILES string of the molecule is CCOC(=O)c1ccc(CC2CCN(CC(O)(c3cn(Cc4ccccc4)c4cc([N+](=O)[O-])ccc34)C(F)(F)F)CC2)c(OC)c1. The summed E-state index contributed by atoms with van der Waals surface area (Å²) in [5.41, 5.74) is -1.52. The summed E-state index contributed by atoms with van der Waals surface area (Å²) in [6.07, 6.45) is -1.94. The van der Waals surface area contributed by atoms with Crippen LogP contribution in [0.15, 0.2) is 72.9 Å². The topological polar surface area (TPSA) is 107 Å². The first-order valence-electron chi connectivity index (χ1n) is 15.1. The molecule has 5 rings (SSSR count). The number of aliphatic hydroxyl groups is 1. The highest BCUT2D eigenvalue weighted by Gasteiger charge is 2.57. The quantitative estimate of drug-likeness (QED) is 0.114. The van der Waals surface area contributed by atoms with Gasteiger partial charge in [-0.3, -0.25) is 15.0 Å². The maximum Gasteiger partial charge on any atom is 0.422 e. The van der Waals surface area contributed by atoms with Crippen molar-refractivity contribution in [1.29, 1.82) is 0 Å². The predicted octanol–water partition coefficient (Wildman–Crippen LogP) is 6.49. The van der Waals surface area contributed by atoms with Crippen molar-refractivity contribution in [1.82, 2.24) is 9.47 Å². The molecule has 2 heterocycles. The minimum absolute atomic E-state index is 0.106. The number of non-ortho nitro benzene ring substituents is 1. The molecule has 0 saturated carbocycles. The lowest BCUT2D eigenvalue weighted by Crippen LogP contribution is -2.52. The van der Waals surface area contributed by atoms with Crippen LogP contribution in [0.5, 0.6) is 5.75 Å². The summed E-state index contributed by atoms with van der Waals surface area (Å²) in [6.45, 7) is 2.14. The summed E-state index contributed by atoms with van der Waals surface area (Å²) in [5, 5.41) is 23.2. The number of carbonyl (C=O) groups excluding carboxylic acids is 1. The van der Waals surface area contributed by atoms with Crippen LogP contribution in [-0.2, 0) is 23.3 Å². The average molecular weight is 640 g/mol. The minimum atomic E-state index is -5.02. The van der Waals surface area contributed by atoms with E-state index in [1.165, 1.54) is 30.0 Å². The normalized spacial score (nSPS) is 15.9. The third-order valence-corrected chi connectivity index (χ3v) is 8.65. The molecule has 1 atom stereocenters. The summed E-state index contributed by atoms with van der Waals surface area (Å²) in [6, 6.07) is 17.9. The Morgan fingerprint density at radius 3 is 2.41 bits per heavy atom. The van der Waals surface area contributed by atoms with Crippen molar-refractivity contribution in [2.45, 2.75) is 44.5 Å². The molecule has 1 fully saturated rings. The highest BCUT2D eigenvalue weighted by Crippen LogP contribution is 2.44. The number of methoxy groups -OCH3 is 1. The molecule has 1 aromatic heterocycles. The van der Waals surface area contributed by atoms with E-state index in [0.29, 0.717) is 43.7 Å². The molecule has 0 radical (unpaired) electrons. The van der Waals surface area contributed by atoms with E-state index in [-0.39, 0.29) is 41.2 Å². The molecule has 9 nitrogen and oxygen atoms in total. The first-order chi connectivity index (χ1) is 21.9. The molecule has 0 bridgehead atoms. The van der Waals surface area contributed by atoms with E-state index in [4.69, 9.17) is 9.47 Å². The van der Waals surface area contributed by atoms with Gasteiger partial charge in [0.1, 0.15) is 5.75 Å². The number of nitrogens with zero attached hydrogens (tertiary/aromatic N) is 3. The van der Waals surface area contributed by atoms with Crippen molar-refractivity contribution in [3.63, 3.8) is 0 Å². The number of halogens is 3. The van der Waals surface area contributed by atoms with Crippen molar-refractivity contribution in [2.75, 3.05) is 33.4 Å². The van der Waals surface area contributed by atoms with Crippen molar-refractivity contribution in [3.05, 3.63) is 105 Å². The Morgan fingerprint density at radius 2 is 1.78 bits per heavy atom. The summed E-state index contributed by atoms with van der Waals surface area (Å²) >= 11 is 0. The number of nitro benzene ring substituents is 1. The summed E-state index contributed by atoms with van der Waals surface area (Å²) in [7, 11) is 1.52. The third kappa shape index (κ3) is 6.87. The van der Waals surface area contributed by atoms with E-state index in [9.17, 15) is 33.2 Å². The molecule has 1 unspecified atom stereocenters. The molecule has 244 valence electrons. The number of alkyl halides is 3. The zero-order valence-electron chi connectivity index (χ0n) is 25.6. The fraction of sp³-hybridized carbons (Fsp3) is 0.382. The minimum Gasteiger partial charge on any atom is -0.496 e. The summed E-state index contributed by atoms with van der Waals surface area (Å²) in [4.78, 5) is 24.7. The number of carbonyl (C=O) groups is 1. The highest BCUT2D eigenvalue weighted by molar-refractivity contribution is 5.90. The van der Waals surface area contributed by atoms with Crippen molar-refractivity contribution < 1.29 is 37.5 Å². The Bertz CT molecular complexity index is 1700. The van der Waals surface area contributed by atoms with Crippen molar-refractivity contribution >= 4 is 22.6 Å². The van der Waals surface area contributed by atoms with Gasteiger partial charge in [-0.15, -0.1) is 0 Å². The van der Waals surface area contributed by atoms with Gasteiger partial charge in [0.25, 0.3) is 5.69 Å². The van der Waals surface area contributed by atoms with E-state index in [1.54, 1.807) is 36.1 Å². The fourth-order valence-corrected chi connectivity index (χ4v) is 6.20. The molecular formula is C34H36F3N3O6. The van der Waals surface area contributed by atoms with Crippen LogP contribution in [0.3, 0.4) is 0 Å². The number of aromatic nitrogens is 1. The van der Waals surface area contributed by atoms with Gasteiger partial charge >= 0.3 is 12.1 Å². The molecule has 1 saturated heterocycles. The van der Waals surface area contributed by atoms with E-state index in [0.717, 1.165) is 17.2 Å². The molecular weight excluding hydrogens is 603 g/mol. The first kappa shape index (κ1) is 33.0. The number of likely N-dealkylation sites (tertiary alicyclic amines) is 1. The number of fused-ring (bicyclic) bond motifs is 1. The van der Waals surface area contributed by atoms with Gasteiger partial charge in [-0.2, -0.15) is 13.2 Å². The second-order valence-electron chi connectivity index (χ2n) is 11.6. The Balaban J connectivity index is 1.37. The van der Waals surface area contributed by atoms with Crippen LogP contribution in [0.1, 0.15) is 46.8 Å². The van der Waals surface area contributed by atoms with E-state index < -0.39 is 29.2 Å². The number of hydrogen-bond acceptors (Lipinski definition) is 7. The number of benzene rings is 3. The van der Waals surface area contributed by atoms with Gasteiger partial charge < -0.3 is 19.1 Å². The van der Waals surface area contributed by atoms with Crippen molar-refractivity contribution in [3.8, 4) is 5.75 Å². The van der Waals surface area contributed by atoms with E-state index in [2.05, 4.69) is 0 Å². The maximum absolute atomic E-state index is 14.9. The van der Waals surface area contributed by atoms with Crippen LogP contribution >= 0.6 is 0 Å². The van der Waals surface area contributed by atoms with Crippen molar-refractivity contribution in [2.24, 2.45) is 5.92 Å². The molecule has 3 aromatic carbocycles. The molecule has 0 amide bonds. The Kier molecular flexibility index (Phi) is 9.68.